The Bertz CT molecular complexity index is 406. The molecule has 2 aliphatic heterocycles. The van der Waals surface area contributed by atoms with Gasteiger partial charge in [0.1, 0.15) is 0 Å². The molecule has 3 rings (SSSR count). The van der Waals surface area contributed by atoms with Crippen LogP contribution in [-0.2, 0) is 0 Å². The highest BCUT2D eigenvalue weighted by Gasteiger charge is 2.24. The fourth-order valence-corrected chi connectivity index (χ4v) is 3.61. The lowest BCUT2D eigenvalue weighted by molar-refractivity contribution is 0.194. The van der Waals surface area contributed by atoms with Gasteiger partial charge in [0.15, 0.2) is 0 Å². The van der Waals surface area contributed by atoms with Crippen molar-refractivity contribution in [2.45, 2.75) is 44.7 Å². The number of pyridine rings is 1. The summed E-state index contributed by atoms with van der Waals surface area (Å²) in [6.45, 7) is 8.33. The minimum atomic E-state index is 0.710. The van der Waals surface area contributed by atoms with Crippen LogP contribution >= 0.6 is 0 Å². The number of rotatable bonds is 4. The average molecular weight is 288 g/mol. The quantitative estimate of drug-likeness (QED) is 0.919. The van der Waals surface area contributed by atoms with E-state index in [1.807, 2.05) is 12.4 Å². The summed E-state index contributed by atoms with van der Waals surface area (Å²) in [5.74, 6) is 0. The maximum absolute atomic E-state index is 4.10. The van der Waals surface area contributed by atoms with Crippen molar-refractivity contribution in [1.29, 1.82) is 0 Å². The topological polar surface area (TPSA) is 31.4 Å². The molecule has 2 fully saturated rings. The summed E-state index contributed by atoms with van der Waals surface area (Å²) >= 11 is 0. The third-order valence-electron chi connectivity index (χ3n) is 5.03. The van der Waals surface area contributed by atoms with E-state index in [0.29, 0.717) is 6.04 Å². The van der Waals surface area contributed by atoms with Crippen LogP contribution in [0.4, 0.5) is 5.69 Å². The van der Waals surface area contributed by atoms with Gasteiger partial charge in [0, 0.05) is 43.3 Å². The molecule has 0 spiro atoms. The molecule has 3 heterocycles. The van der Waals surface area contributed by atoms with Crippen molar-refractivity contribution in [2.24, 2.45) is 0 Å². The van der Waals surface area contributed by atoms with Crippen LogP contribution in [0, 0.1) is 0 Å². The first kappa shape index (κ1) is 14.8. The minimum Gasteiger partial charge on any atom is -0.371 e. The van der Waals surface area contributed by atoms with E-state index in [9.17, 15) is 0 Å². The van der Waals surface area contributed by atoms with E-state index >= 15 is 0 Å². The molecule has 116 valence electrons. The van der Waals surface area contributed by atoms with Crippen LogP contribution in [-0.4, -0.2) is 54.7 Å². The minimum absolute atomic E-state index is 0.710. The van der Waals surface area contributed by atoms with Crippen molar-refractivity contribution in [3.63, 3.8) is 0 Å². The summed E-state index contributed by atoms with van der Waals surface area (Å²) in [6, 6.07) is 5.69. The van der Waals surface area contributed by atoms with E-state index in [1.165, 1.54) is 51.0 Å². The first-order valence-electron chi connectivity index (χ1n) is 8.48. The molecule has 2 saturated heterocycles. The van der Waals surface area contributed by atoms with E-state index < -0.39 is 0 Å². The summed E-state index contributed by atoms with van der Waals surface area (Å²) in [4.78, 5) is 9.15. The lowest BCUT2D eigenvalue weighted by Crippen LogP contribution is -2.49. The normalized spacial score (nSPS) is 22.6. The monoisotopic (exact) mass is 288 g/mol. The molecule has 0 unspecified atom stereocenters. The smallest absolute Gasteiger partial charge is 0.0397 e. The Morgan fingerprint density at radius 1 is 1.00 bits per heavy atom. The Hall–Kier alpha value is -1.13. The first-order chi connectivity index (χ1) is 10.3. The van der Waals surface area contributed by atoms with Gasteiger partial charge in [-0.2, -0.15) is 0 Å². The summed E-state index contributed by atoms with van der Waals surface area (Å²) in [7, 11) is 0. The fourth-order valence-electron chi connectivity index (χ4n) is 3.61. The Balaban J connectivity index is 1.42. The zero-order valence-corrected chi connectivity index (χ0v) is 13.2. The zero-order chi connectivity index (χ0) is 14.5. The van der Waals surface area contributed by atoms with Gasteiger partial charge >= 0.3 is 0 Å². The van der Waals surface area contributed by atoms with Crippen LogP contribution in [0.25, 0.3) is 0 Å². The van der Waals surface area contributed by atoms with Gasteiger partial charge in [-0.1, -0.05) is 6.92 Å². The van der Waals surface area contributed by atoms with Crippen molar-refractivity contribution in [2.75, 3.05) is 37.6 Å². The van der Waals surface area contributed by atoms with Gasteiger partial charge in [0.05, 0.1) is 0 Å². The summed E-state index contributed by atoms with van der Waals surface area (Å²) in [6.07, 6.45) is 8.94. The largest absolute Gasteiger partial charge is 0.371 e. The number of hydrogen-bond donors (Lipinski definition) is 1. The van der Waals surface area contributed by atoms with E-state index in [2.05, 4.69) is 39.2 Å². The molecular weight excluding hydrogens is 260 g/mol. The molecule has 21 heavy (non-hydrogen) atoms. The van der Waals surface area contributed by atoms with E-state index in [0.717, 1.165) is 19.1 Å². The number of likely N-dealkylation sites (tertiary alicyclic amines) is 1. The molecule has 0 radical (unpaired) electrons. The molecule has 0 atom stereocenters. The molecule has 0 aliphatic carbocycles. The molecule has 1 aromatic heterocycles. The number of piperidine rings is 2. The van der Waals surface area contributed by atoms with Crippen LogP contribution in [0.3, 0.4) is 0 Å². The maximum atomic E-state index is 4.10. The van der Waals surface area contributed by atoms with Crippen molar-refractivity contribution in [3.8, 4) is 0 Å². The second-order valence-corrected chi connectivity index (χ2v) is 6.34. The number of nitrogens with one attached hydrogen (secondary N) is 1. The summed E-state index contributed by atoms with van der Waals surface area (Å²) in [5, 5.41) is 3.91. The summed E-state index contributed by atoms with van der Waals surface area (Å²) < 4.78 is 0. The third kappa shape index (κ3) is 3.95. The van der Waals surface area contributed by atoms with Gasteiger partial charge in [0.25, 0.3) is 0 Å². The number of aromatic nitrogens is 1. The number of nitrogens with zero attached hydrogens (tertiary/aromatic N) is 3. The highest BCUT2D eigenvalue weighted by Crippen LogP contribution is 2.20. The number of anilines is 1. The standard InChI is InChI=1S/C17H28N4/c1-2-20-11-5-15(6-12-20)19-16-7-13-21(14-8-16)17-3-9-18-10-4-17/h3-4,9-10,15-16,19H,2,5-8,11-14H2,1H3. The van der Waals surface area contributed by atoms with Gasteiger partial charge in [0.2, 0.25) is 0 Å². The molecule has 1 N–H and O–H groups in total. The van der Waals surface area contributed by atoms with Crippen LogP contribution < -0.4 is 10.2 Å². The Morgan fingerprint density at radius 3 is 2.14 bits per heavy atom. The van der Waals surface area contributed by atoms with Crippen molar-refractivity contribution >= 4 is 5.69 Å². The Kier molecular flexibility index (Phi) is 5.09. The highest BCUT2D eigenvalue weighted by molar-refractivity contribution is 5.44. The van der Waals surface area contributed by atoms with Crippen LogP contribution in [0.1, 0.15) is 32.6 Å². The zero-order valence-electron chi connectivity index (χ0n) is 13.2. The predicted molar refractivity (Wildman–Crippen MR) is 87.7 cm³/mol. The van der Waals surface area contributed by atoms with Gasteiger partial charge in [-0.25, -0.2) is 0 Å². The van der Waals surface area contributed by atoms with E-state index in [-0.39, 0.29) is 0 Å². The molecule has 0 saturated carbocycles. The van der Waals surface area contributed by atoms with Crippen LogP contribution in [0.5, 0.6) is 0 Å². The molecule has 0 aromatic carbocycles. The van der Waals surface area contributed by atoms with Crippen LogP contribution in [0.15, 0.2) is 24.5 Å². The maximum Gasteiger partial charge on any atom is 0.0397 e. The van der Waals surface area contributed by atoms with Gasteiger partial charge < -0.3 is 15.1 Å². The second-order valence-electron chi connectivity index (χ2n) is 6.34. The second kappa shape index (κ2) is 7.23. The molecule has 0 bridgehead atoms. The molecule has 2 aliphatic rings. The lowest BCUT2D eigenvalue weighted by Gasteiger charge is -2.38. The Morgan fingerprint density at radius 2 is 1.57 bits per heavy atom. The highest BCUT2D eigenvalue weighted by atomic mass is 15.2. The van der Waals surface area contributed by atoms with Crippen molar-refractivity contribution in [3.05, 3.63) is 24.5 Å². The molecule has 0 amide bonds. The first-order valence-corrected chi connectivity index (χ1v) is 8.48. The molecule has 4 heteroatoms. The van der Waals surface area contributed by atoms with Crippen LogP contribution in [0.2, 0.25) is 0 Å². The molecular formula is C17H28N4. The van der Waals surface area contributed by atoms with E-state index in [1.54, 1.807) is 0 Å². The number of hydrogen-bond acceptors (Lipinski definition) is 4. The summed E-state index contributed by atoms with van der Waals surface area (Å²) in [5.41, 5.74) is 1.32. The van der Waals surface area contributed by atoms with Crippen molar-refractivity contribution in [1.82, 2.24) is 15.2 Å². The van der Waals surface area contributed by atoms with Gasteiger partial charge in [-0.3, -0.25) is 4.98 Å². The molecule has 1 aromatic rings. The van der Waals surface area contributed by atoms with Gasteiger partial charge in [-0.15, -0.1) is 0 Å². The lowest BCUT2D eigenvalue weighted by atomic mass is 9.99. The predicted octanol–water partition coefficient (Wildman–Crippen LogP) is 2.12. The van der Waals surface area contributed by atoms with Crippen molar-refractivity contribution < 1.29 is 0 Å². The SMILES string of the molecule is CCN1CCC(NC2CCN(c3ccncc3)CC2)CC1. The fraction of sp³-hybridized carbons (Fsp3) is 0.706. The third-order valence-corrected chi connectivity index (χ3v) is 5.03. The van der Waals surface area contributed by atoms with Gasteiger partial charge in [-0.05, 0) is 57.5 Å². The Labute approximate surface area is 128 Å². The van der Waals surface area contributed by atoms with E-state index in [4.69, 9.17) is 0 Å². The average Bonchev–Trinajstić information content (AvgIpc) is 2.57. The molecule has 4 nitrogen and oxygen atoms in total.